The van der Waals surface area contributed by atoms with Gasteiger partial charge < -0.3 is 19.9 Å². The number of hydrogen-bond donors (Lipinski definition) is 1. The molecule has 1 aromatic rings. The standard InChI is InChI=1S/C20H29N3O4/c1-14(2)19(25)23-11-5-6-15(12-23)20(26)22(3)13-18(24)21-16-7-9-17(27-4)10-8-16/h7-10,14-15H,5-6,11-13H2,1-4H3,(H,21,24). The summed E-state index contributed by atoms with van der Waals surface area (Å²) < 4.78 is 5.08. The summed E-state index contributed by atoms with van der Waals surface area (Å²) in [7, 11) is 3.20. The van der Waals surface area contributed by atoms with Crippen LogP contribution in [0.25, 0.3) is 0 Å². The smallest absolute Gasteiger partial charge is 0.243 e. The van der Waals surface area contributed by atoms with Gasteiger partial charge in [0.1, 0.15) is 5.75 Å². The lowest BCUT2D eigenvalue weighted by Crippen LogP contribution is -2.48. The van der Waals surface area contributed by atoms with E-state index in [0.717, 1.165) is 12.8 Å². The Kier molecular flexibility index (Phi) is 7.21. The highest BCUT2D eigenvalue weighted by molar-refractivity contribution is 5.95. The van der Waals surface area contributed by atoms with E-state index in [4.69, 9.17) is 4.74 Å². The summed E-state index contributed by atoms with van der Waals surface area (Å²) in [6.07, 6.45) is 1.55. The SMILES string of the molecule is COc1ccc(NC(=O)CN(C)C(=O)C2CCCN(C(=O)C(C)C)C2)cc1. The first-order valence-electron chi connectivity index (χ1n) is 9.29. The third kappa shape index (κ3) is 5.70. The van der Waals surface area contributed by atoms with Gasteiger partial charge in [0.15, 0.2) is 0 Å². The van der Waals surface area contributed by atoms with Crippen molar-refractivity contribution in [1.29, 1.82) is 0 Å². The van der Waals surface area contributed by atoms with Crippen LogP contribution >= 0.6 is 0 Å². The minimum Gasteiger partial charge on any atom is -0.497 e. The molecule has 27 heavy (non-hydrogen) atoms. The Morgan fingerprint density at radius 3 is 2.52 bits per heavy atom. The van der Waals surface area contributed by atoms with E-state index in [-0.39, 0.29) is 36.1 Å². The minimum absolute atomic E-state index is 0.0283. The summed E-state index contributed by atoms with van der Waals surface area (Å²) in [5.41, 5.74) is 0.646. The molecule has 0 spiro atoms. The van der Waals surface area contributed by atoms with E-state index in [2.05, 4.69) is 5.32 Å². The van der Waals surface area contributed by atoms with Gasteiger partial charge in [0.25, 0.3) is 0 Å². The predicted molar refractivity (Wildman–Crippen MR) is 103 cm³/mol. The molecule has 1 atom stereocenters. The molecule has 1 aliphatic heterocycles. The van der Waals surface area contributed by atoms with Gasteiger partial charge in [-0.15, -0.1) is 0 Å². The molecule has 1 fully saturated rings. The molecule has 7 nitrogen and oxygen atoms in total. The number of amides is 3. The summed E-state index contributed by atoms with van der Waals surface area (Å²) in [5.74, 6) is 0.0978. The number of likely N-dealkylation sites (N-methyl/N-ethyl adjacent to an activating group) is 1. The fourth-order valence-electron chi connectivity index (χ4n) is 3.22. The van der Waals surface area contributed by atoms with Crippen LogP contribution in [-0.2, 0) is 14.4 Å². The summed E-state index contributed by atoms with van der Waals surface area (Å²) in [5, 5.41) is 2.77. The number of likely N-dealkylation sites (tertiary alicyclic amines) is 1. The molecule has 1 aliphatic rings. The molecule has 0 saturated carbocycles. The van der Waals surface area contributed by atoms with E-state index in [9.17, 15) is 14.4 Å². The van der Waals surface area contributed by atoms with Crippen molar-refractivity contribution in [2.24, 2.45) is 11.8 Å². The van der Waals surface area contributed by atoms with Crippen molar-refractivity contribution in [1.82, 2.24) is 9.80 Å². The molecule has 1 unspecified atom stereocenters. The third-order valence-electron chi connectivity index (χ3n) is 4.71. The Balaban J connectivity index is 1.88. The van der Waals surface area contributed by atoms with E-state index in [1.54, 1.807) is 43.3 Å². The molecule has 0 bridgehead atoms. The lowest BCUT2D eigenvalue weighted by atomic mass is 9.95. The highest BCUT2D eigenvalue weighted by Crippen LogP contribution is 2.20. The lowest BCUT2D eigenvalue weighted by molar-refractivity contribution is -0.143. The van der Waals surface area contributed by atoms with Crippen LogP contribution in [0.5, 0.6) is 5.75 Å². The number of methoxy groups -OCH3 is 1. The van der Waals surface area contributed by atoms with Gasteiger partial charge in [-0.3, -0.25) is 14.4 Å². The maximum absolute atomic E-state index is 12.7. The Morgan fingerprint density at radius 2 is 1.93 bits per heavy atom. The van der Waals surface area contributed by atoms with Gasteiger partial charge in [-0.25, -0.2) is 0 Å². The van der Waals surface area contributed by atoms with Crippen LogP contribution in [0, 0.1) is 11.8 Å². The summed E-state index contributed by atoms with van der Waals surface area (Å²) in [6.45, 7) is 4.83. The van der Waals surface area contributed by atoms with Gasteiger partial charge in [0.05, 0.1) is 19.6 Å². The summed E-state index contributed by atoms with van der Waals surface area (Å²) in [6, 6.07) is 7.00. The van der Waals surface area contributed by atoms with Crippen LogP contribution < -0.4 is 10.1 Å². The average Bonchev–Trinajstić information content (AvgIpc) is 2.67. The monoisotopic (exact) mass is 375 g/mol. The van der Waals surface area contributed by atoms with Crippen LogP contribution in [0.3, 0.4) is 0 Å². The maximum Gasteiger partial charge on any atom is 0.243 e. The van der Waals surface area contributed by atoms with E-state index in [0.29, 0.717) is 24.5 Å². The average molecular weight is 375 g/mol. The Labute approximate surface area is 160 Å². The largest absolute Gasteiger partial charge is 0.497 e. The maximum atomic E-state index is 12.7. The quantitative estimate of drug-likeness (QED) is 0.825. The second-order valence-corrected chi connectivity index (χ2v) is 7.25. The third-order valence-corrected chi connectivity index (χ3v) is 4.71. The first-order valence-corrected chi connectivity index (χ1v) is 9.29. The molecular weight excluding hydrogens is 346 g/mol. The second kappa shape index (κ2) is 9.39. The Hall–Kier alpha value is -2.57. The zero-order valence-electron chi connectivity index (χ0n) is 16.5. The predicted octanol–water partition coefficient (Wildman–Crippen LogP) is 1.99. The normalized spacial score (nSPS) is 16.8. The van der Waals surface area contributed by atoms with Gasteiger partial charge in [0.2, 0.25) is 17.7 Å². The van der Waals surface area contributed by atoms with E-state index < -0.39 is 0 Å². The number of piperidine rings is 1. The highest BCUT2D eigenvalue weighted by Gasteiger charge is 2.31. The minimum atomic E-state index is -0.262. The number of carbonyl (C=O) groups excluding carboxylic acids is 3. The first kappa shape index (κ1) is 20.7. The van der Waals surface area contributed by atoms with Crippen LogP contribution in [0.15, 0.2) is 24.3 Å². The molecule has 1 N–H and O–H groups in total. The molecule has 148 valence electrons. The number of nitrogens with one attached hydrogen (secondary N) is 1. The van der Waals surface area contributed by atoms with Crippen molar-refractivity contribution in [2.45, 2.75) is 26.7 Å². The number of ether oxygens (including phenoxy) is 1. The molecule has 3 amide bonds. The van der Waals surface area contributed by atoms with Crippen molar-refractivity contribution < 1.29 is 19.1 Å². The van der Waals surface area contributed by atoms with Crippen LogP contribution in [0.2, 0.25) is 0 Å². The topological polar surface area (TPSA) is 79.0 Å². The van der Waals surface area contributed by atoms with Gasteiger partial charge >= 0.3 is 0 Å². The highest BCUT2D eigenvalue weighted by atomic mass is 16.5. The van der Waals surface area contributed by atoms with E-state index in [1.165, 1.54) is 4.90 Å². The fourth-order valence-corrected chi connectivity index (χ4v) is 3.22. The van der Waals surface area contributed by atoms with E-state index in [1.807, 2.05) is 13.8 Å². The zero-order chi connectivity index (χ0) is 20.0. The molecule has 2 rings (SSSR count). The fraction of sp³-hybridized carbons (Fsp3) is 0.550. The van der Waals surface area contributed by atoms with Gasteiger partial charge in [-0.05, 0) is 37.1 Å². The lowest BCUT2D eigenvalue weighted by Gasteiger charge is -2.34. The van der Waals surface area contributed by atoms with Crippen molar-refractivity contribution in [3.63, 3.8) is 0 Å². The number of benzene rings is 1. The van der Waals surface area contributed by atoms with Gasteiger partial charge in [-0.1, -0.05) is 13.8 Å². The molecule has 0 radical (unpaired) electrons. The Bertz CT molecular complexity index is 672. The zero-order valence-corrected chi connectivity index (χ0v) is 16.5. The Morgan fingerprint density at radius 1 is 1.26 bits per heavy atom. The molecular formula is C20H29N3O4. The van der Waals surface area contributed by atoms with E-state index >= 15 is 0 Å². The van der Waals surface area contributed by atoms with Gasteiger partial charge in [-0.2, -0.15) is 0 Å². The second-order valence-electron chi connectivity index (χ2n) is 7.25. The summed E-state index contributed by atoms with van der Waals surface area (Å²) in [4.78, 5) is 40.3. The van der Waals surface area contributed by atoms with Crippen LogP contribution in [0.4, 0.5) is 5.69 Å². The van der Waals surface area contributed by atoms with Crippen molar-refractivity contribution >= 4 is 23.4 Å². The van der Waals surface area contributed by atoms with Crippen molar-refractivity contribution in [3.8, 4) is 5.75 Å². The van der Waals surface area contributed by atoms with Gasteiger partial charge in [0, 0.05) is 31.7 Å². The number of hydrogen-bond acceptors (Lipinski definition) is 4. The molecule has 0 aromatic heterocycles. The summed E-state index contributed by atoms with van der Waals surface area (Å²) >= 11 is 0. The van der Waals surface area contributed by atoms with Crippen LogP contribution in [-0.4, -0.2) is 61.3 Å². The molecule has 7 heteroatoms. The van der Waals surface area contributed by atoms with Crippen molar-refractivity contribution in [3.05, 3.63) is 24.3 Å². The molecule has 1 aromatic carbocycles. The number of rotatable bonds is 6. The van der Waals surface area contributed by atoms with Crippen LogP contribution in [0.1, 0.15) is 26.7 Å². The number of anilines is 1. The molecule has 0 aliphatic carbocycles. The van der Waals surface area contributed by atoms with Crippen molar-refractivity contribution in [2.75, 3.05) is 39.1 Å². The molecule has 1 heterocycles. The number of carbonyl (C=O) groups is 3. The first-order chi connectivity index (χ1) is 12.8. The number of nitrogens with zero attached hydrogens (tertiary/aromatic N) is 2. The molecule has 1 saturated heterocycles.